The van der Waals surface area contributed by atoms with Crippen LogP contribution in [0.1, 0.15) is 15.9 Å². The van der Waals surface area contributed by atoms with Gasteiger partial charge < -0.3 is 15.7 Å². The summed E-state index contributed by atoms with van der Waals surface area (Å²) in [6.45, 7) is 0. The summed E-state index contributed by atoms with van der Waals surface area (Å²) in [5.74, 6) is -1.04. The van der Waals surface area contributed by atoms with Gasteiger partial charge in [-0.25, -0.2) is 9.59 Å². The third-order valence-electron chi connectivity index (χ3n) is 2.66. The van der Waals surface area contributed by atoms with Gasteiger partial charge in [0.15, 0.2) is 0 Å². The molecule has 0 unspecified atom stereocenters. The number of hydrogen-bond acceptors (Lipinski definition) is 2. The molecular weight excluding hydrogens is 268 g/mol. The number of carboxylic acid groups (broad SMARTS) is 1. The van der Waals surface area contributed by atoms with Gasteiger partial charge in [-0.1, -0.05) is 36.4 Å². The van der Waals surface area contributed by atoms with E-state index in [1.165, 1.54) is 18.3 Å². The first-order chi connectivity index (χ1) is 10.1. The second-order valence-electron chi connectivity index (χ2n) is 4.23. The average Bonchev–Trinajstić information content (AvgIpc) is 2.48. The fraction of sp³-hybridized carbons (Fsp3) is 0. The Hall–Kier alpha value is -3.08. The summed E-state index contributed by atoms with van der Waals surface area (Å²) < 4.78 is 0. The van der Waals surface area contributed by atoms with Crippen molar-refractivity contribution in [2.75, 3.05) is 5.32 Å². The van der Waals surface area contributed by atoms with E-state index in [0.29, 0.717) is 5.69 Å². The number of carbonyl (C=O) groups excluding carboxylic acids is 1. The zero-order valence-electron chi connectivity index (χ0n) is 11.1. The van der Waals surface area contributed by atoms with E-state index in [4.69, 9.17) is 5.11 Å². The second-order valence-corrected chi connectivity index (χ2v) is 4.23. The zero-order chi connectivity index (χ0) is 15.1. The molecular formula is C16H14N2O3. The van der Waals surface area contributed by atoms with Crippen LogP contribution in [-0.4, -0.2) is 17.1 Å². The number of anilines is 1. The normalized spacial score (nSPS) is 10.3. The van der Waals surface area contributed by atoms with Crippen molar-refractivity contribution < 1.29 is 14.7 Å². The Kier molecular flexibility index (Phi) is 4.71. The molecule has 2 amide bonds. The topological polar surface area (TPSA) is 78.4 Å². The second kappa shape index (κ2) is 6.91. The highest BCUT2D eigenvalue weighted by molar-refractivity contribution is 5.93. The smallest absolute Gasteiger partial charge is 0.335 e. The van der Waals surface area contributed by atoms with E-state index in [9.17, 15) is 9.59 Å². The Morgan fingerprint density at radius 1 is 1.00 bits per heavy atom. The Bertz CT molecular complexity index is 666. The van der Waals surface area contributed by atoms with Gasteiger partial charge in [0.2, 0.25) is 0 Å². The van der Waals surface area contributed by atoms with Crippen molar-refractivity contribution in [3.05, 3.63) is 71.9 Å². The quantitative estimate of drug-likeness (QED) is 0.806. The molecule has 0 saturated carbocycles. The van der Waals surface area contributed by atoms with Crippen LogP contribution in [0.2, 0.25) is 0 Å². The summed E-state index contributed by atoms with van der Waals surface area (Å²) in [4.78, 5) is 22.5. The third-order valence-corrected chi connectivity index (χ3v) is 2.66. The minimum atomic E-state index is -1.04. The predicted molar refractivity (Wildman–Crippen MR) is 81.0 cm³/mol. The van der Waals surface area contributed by atoms with Crippen LogP contribution in [0, 0.1) is 0 Å². The Morgan fingerprint density at radius 3 is 2.48 bits per heavy atom. The van der Waals surface area contributed by atoms with Gasteiger partial charge in [0.25, 0.3) is 0 Å². The van der Waals surface area contributed by atoms with Crippen molar-refractivity contribution in [3.63, 3.8) is 0 Å². The molecule has 21 heavy (non-hydrogen) atoms. The number of nitrogens with one attached hydrogen (secondary N) is 2. The van der Waals surface area contributed by atoms with E-state index in [0.717, 1.165) is 5.56 Å². The molecule has 0 saturated heterocycles. The first-order valence-electron chi connectivity index (χ1n) is 6.27. The van der Waals surface area contributed by atoms with Crippen LogP contribution in [-0.2, 0) is 0 Å². The molecule has 0 aliphatic heterocycles. The maximum absolute atomic E-state index is 11.7. The first kappa shape index (κ1) is 14.3. The first-order valence-corrected chi connectivity index (χ1v) is 6.27. The average molecular weight is 282 g/mol. The summed E-state index contributed by atoms with van der Waals surface area (Å²) in [5.41, 5.74) is 1.50. The molecule has 3 N–H and O–H groups in total. The van der Waals surface area contributed by atoms with Crippen LogP contribution >= 0.6 is 0 Å². The number of carboxylic acids is 1. The molecule has 0 aromatic heterocycles. The molecule has 0 aliphatic rings. The lowest BCUT2D eigenvalue weighted by Crippen LogP contribution is -2.23. The summed E-state index contributed by atoms with van der Waals surface area (Å²) in [6.07, 6.45) is 3.28. The standard InChI is InChI=1S/C16H14N2O3/c19-15(20)13-7-4-8-14(11-13)18-16(21)17-10-9-12-5-2-1-3-6-12/h1-11H,(H,19,20)(H2,17,18,21)/b10-9+. The predicted octanol–water partition coefficient (Wildman–Crippen LogP) is 3.18. The van der Waals surface area contributed by atoms with E-state index in [2.05, 4.69) is 10.6 Å². The van der Waals surface area contributed by atoms with Crippen LogP contribution in [0.3, 0.4) is 0 Å². The largest absolute Gasteiger partial charge is 0.478 e. The lowest BCUT2D eigenvalue weighted by Gasteiger charge is -2.05. The van der Waals surface area contributed by atoms with Crippen LogP contribution in [0.15, 0.2) is 60.8 Å². The highest BCUT2D eigenvalue weighted by Gasteiger charge is 2.04. The molecule has 0 heterocycles. The van der Waals surface area contributed by atoms with Crippen molar-refractivity contribution in [2.24, 2.45) is 0 Å². The van der Waals surface area contributed by atoms with E-state index in [-0.39, 0.29) is 5.56 Å². The number of hydrogen-bond donors (Lipinski definition) is 3. The number of rotatable bonds is 4. The fourth-order valence-corrected chi connectivity index (χ4v) is 1.67. The highest BCUT2D eigenvalue weighted by Crippen LogP contribution is 2.10. The Balaban J connectivity index is 1.91. The highest BCUT2D eigenvalue weighted by atomic mass is 16.4. The molecule has 0 spiro atoms. The summed E-state index contributed by atoms with van der Waals surface area (Å²) >= 11 is 0. The molecule has 0 aliphatic carbocycles. The molecule has 0 atom stereocenters. The summed E-state index contributed by atoms with van der Waals surface area (Å²) in [5, 5.41) is 14.0. The molecule has 0 fully saturated rings. The molecule has 106 valence electrons. The van der Waals surface area contributed by atoms with Crippen LogP contribution in [0.4, 0.5) is 10.5 Å². The van der Waals surface area contributed by atoms with Gasteiger partial charge in [0, 0.05) is 11.9 Å². The summed E-state index contributed by atoms with van der Waals surface area (Å²) in [6, 6.07) is 15.1. The number of benzene rings is 2. The maximum Gasteiger partial charge on any atom is 0.335 e. The van der Waals surface area contributed by atoms with Crippen LogP contribution in [0.25, 0.3) is 6.08 Å². The van der Waals surface area contributed by atoms with E-state index in [1.807, 2.05) is 30.3 Å². The Morgan fingerprint density at radius 2 is 1.76 bits per heavy atom. The van der Waals surface area contributed by atoms with E-state index < -0.39 is 12.0 Å². The van der Waals surface area contributed by atoms with E-state index in [1.54, 1.807) is 18.2 Å². The molecule has 2 aromatic carbocycles. The van der Waals surface area contributed by atoms with Crippen LogP contribution < -0.4 is 10.6 Å². The van der Waals surface area contributed by atoms with Crippen molar-refractivity contribution >= 4 is 23.8 Å². The van der Waals surface area contributed by atoms with Crippen molar-refractivity contribution in [2.45, 2.75) is 0 Å². The van der Waals surface area contributed by atoms with Crippen molar-refractivity contribution in [1.82, 2.24) is 5.32 Å². The van der Waals surface area contributed by atoms with Crippen LogP contribution in [0.5, 0.6) is 0 Å². The van der Waals surface area contributed by atoms with Crippen molar-refractivity contribution in [1.29, 1.82) is 0 Å². The number of carbonyl (C=O) groups is 2. The van der Waals surface area contributed by atoms with Crippen molar-refractivity contribution in [3.8, 4) is 0 Å². The Labute approximate surface area is 121 Å². The zero-order valence-corrected chi connectivity index (χ0v) is 11.1. The van der Waals surface area contributed by atoms with Gasteiger partial charge in [-0.15, -0.1) is 0 Å². The lowest BCUT2D eigenvalue weighted by molar-refractivity contribution is 0.0697. The summed E-state index contributed by atoms with van der Waals surface area (Å²) in [7, 11) is 0. The van der Waals surface area contributed by atoms with Gasteiger partial charge in [-0.05, 0) is 29.8 Å². The minimum absolute atomic E-state index is 0.118. The van der Waals surface area contributed by atoms with Gasteiger partial charge in [-0.2, -0.15) is 0 Å². The minimum Gasteiger partial charge on any atom is -0.478 e. The maximum atomic E-state index is 11.7. The molecule has 2 aromatic rings. The van der Waals surface area contributed by atoms with Gasteiger partial charge in [0.1, 0.15) is 0 Å². The van der Waals surface area contributed by atoms with Gasteiger partial charge >= 0.3 is 12.0 Å². The van der Waals surface area contributed by atoms with Gasteiger partial charge in [0.05, 0.1) is 5.56 Å². The molecule has 0 radical (unpaired) electrons. The SMILES string of the molecule is O=C(N/C=C/c1ccccc1)Nc1cccc(C(=O)O)c1. The molecule has 0 bridgehead atoms. The number of amides is 2. The fourth-order valence-electron chi connectivity index (χ4n) is 1.67. The lowest BCUT2D eigenvalue weighted by atomic mass is 10.2. The molecule has 5 heteroatoms. The molecule has 5 nitrogen and oxygen atoms in total. The van der Waals surface area contributed by atoms with E-state index >= 15 is 0 Å². The monoisotopic (exact) mass is 282 g/mol. The molecule has 2 rings (SSSR count). The number of aromatic carboxylic acids is 1. The van der Waals surface area contributed by atoms with Gasteiger partial charge in [-0.3, -0.25) is 0 Å². The third kappa shape index (κ3) is 4.50. The number of urea groups is 1.